The third kappa shape index (κ3) is 12.0. The smallest absolute Gasteiger partial charge is 0.410 e. The highest BCUT2D eigenvalue weighted by molar-refractivity contribution is 6.06. The van der Waals surface area contributed by atoms with Gasteiger partial charge >= 0.3 is 6.09 Å². The van der Waals surface area contributed by atoms with E-state index in [9.17, 15) is 24.0 Å². The second-order valence-electron chi connectivity index (χ2n) is 12.2. The van der Waals surface area contributed by atoms with E-state index in [2.05, 4.69) is 10.6 Å². The largest absolute Gasteiger partial charge is 0.444 e. The Morgan fingerprint density at radius 1 is 0.978 bits per heavy atom. The number of carbonyl (C=O) groups excluding carboxylic acids is 5. The molecule has 2 aliphatic rings. The average Bonchev–Trinajstić information content (AvgIpc) is 3.32. The number of benzene rings is 1. The van der Waals surface area contributed by atoms with E-state index in [-0.39, 0.29) is 43.5 Å². The molecule has 4 N–H and O–H groups in total. The Labute approximate surface area is 270 Å². The van der Waals surface area contributed by atoms with Crippen LogP contribution in [0, 0.1) is 0 Å². The van der Waals surface area contributed by atoms with Gasteiger partial charge in [-0.1, -0.05) is 12.5 Å². The van der Waals surface area contributed by atoms with Crippen LogP contribution in [-0.4, -0.2) is 110 Å². The van der Waals surface area contributed by atoms with Gasteiger partial charge in [-0.3, -0.25) is 24.5 Å². The number of imide groups is 1. The summed E-state index contributed by atoms with van der Waals surface area (Å²) in [4.78, 5) is 65.6. The number of carbonyl (C=O) groups is 5. The van der Waals surface area contributed by atoms with Crippen LogP contribution in [0.25, 0.3) is 0 Å². The number of piperidine rings is 1. The van der Waals surface area contributed by atoms with Crippen molar-refractivity contribution in [3.8, 4) is 0 Å². The molecule has 2 aliphatic heterocycles. The summed E-state index contributed by atoms with van der Waals surface area (Å²) in [6.07, 6.45) is 2.28. The van der Waals surface area contributed by atoms with Crippen LogP contribution >= 0.6 is 0 Å². The molecule has 3 rings (SSSR count). The Hall–Kier alpha value is -3.59. The minimum Gasteiger partial charge on any atom is -0.444 e. The number of ether oxygens (including phenoxy) is 4. The number of fused-ring (bicyclic) bond motifs is 1. The van der Waals surface area contributed by atoms with E-state index >= 15 is 0 Å². The summed E-state index contributed by atoms with van der Waals surface area (Å²) in [5, 5.41) is 5.21. The summed E-state index contributed by atoms with van der Waals surface area (Å²) in [5.41, 5.74) is 6.37. The maximum absolute atomic E-state index is 13.0. The van der Waals surface area contributed by atoms with Crippen LogP contribution in [0.4, 0.5) is 10.5 Å². The summed E-state index contributed by atoms with van der Waals surface area (Å²) in [5.74, 6) is -1.31. The fraction of sp³-hybridized carbons (Fsp3) is 0.656. The van der Waals surface area contributed by atoms with Crippen molar-refractivity contribution >= 4 is 35.4 Å². The van der Waals surface area contributed by atoms with Gasteiger partial charge in [0.25, 0.3) is 5.91 Å². The molecule has 1 atom stereocenters. The van der Waals surface area contributed by atoms with Gasteiger partial charge in [-0.25, -0.2) is 4.79 Å². The van der Waals surface area contributed by atoms with Crippen molar-refractivity contribution in [2.24, 2.45) is 5.73 Å². The number of nitrogens with zero attached hydrogens (tertiary/aromatic N) is 2. The first-order chi connectivity index (χ1) is 22.0. The highest BCUT2D eigenvalue weighted by Gasteiger charge is 2.40. The van der Waals surface area contributed by atoms with Crippen LogP contribution in [-0.2, 0) is 39.9 Å². The molecular weight excluding hydrogens is 598 g/mol. The molecule has 0 aromatic heterocycles. The maximum Gasteiger partial charge on any atom is 0.410 e. The minimum atomic E-state index is -0.723. The van der Waals surface area contributed by atoms with Crippen LogP contribution < -0.4 is 16.4 Å². The van der Waals surface area contributed by atoms with E-state index < -0.39 is 23.6 Å². The van der Waals surface area contributed by atoms with Gasteiger partial charge < -0.3 is 39.8 Å². The predicted octanol–water partition coefficient (Wildman–Crippen LogP) is 2.19. The molecule has 1 aromatic carbocycles. The van der Waals surface area contributed by atoms with Gasteiger partial charge in [-0.15, -0.1) is 0 Å². The van der Waals surface area contributed by atoms with Gasteiger partial charge in [0.15, 0.2) is 0 Å². The number of anilines is 1. The van der Waals surface area contributed by atoms with Crippen molar-refractivity contribution in [3.05, 3.63) is 29.3 Å². The zero-order chi connectivity index (χ0) is 33.5. The fourth-order valence-electron chi connectivity index (χ4n) is 5.10. The Kier molecular flexibility index (Phi) is 14.9. The number of amides is 5. The SMILES string of the molecule is CC(C)(C)OC(=O)N(CCCCCC(=O)Nc1cccc2c1CN(C1CCC(=O)NC1=O)C2=O)CCOCCOCCOCCN. The maximum atomic E-state index is 13.0. The van der Waals surface area contributed by atoms with Crippen LogP contribution in [0.5, 0.6) is 0 Å². The van der Waals surface area contributed by atoms with E-state index in [1.807, 2.05) is 20.8 Å². The topological polar surface area (TPSA) is 179 Å². The molecule has 14 heteroatoms. The molecular formula is C32H49N5O9. The van der Waals surface area contributed by atoms with Gasteiger partial charge in [-0.2, -0.15) is 0 Å². The second kappa shape index (κ2) is 18.5. The zero-order valence-corrected chi connectivity index (χ0v) is 27.3. The lowest BCUT2D eigenvalue weighted by atomic mass is 10.0. The zero-order valence-electron chi connectivity index (χ0n) is 27.3. The molecule has 0 aliphatic carbocycles. The van der Waals surface area contributed by atoms with Crippen molar-refractivity contribution in [1.82, 2.24) is 15.1 Å². The standard InChI is InChI=1S/C32H49N5O9/c1-32(2,3)46-31(42)36(15-17-44-19-21-45-20-18-43-16-13-33)14-6-4-5-10-27(38)34-25-9-7-8-23-24(25)22-37(30(23)41)26-11-12-28(39)35-29(26)40/h7-9,26H,4-6,10-22,33H2,1-3H3,(H,34,38)(H,35,39,40). The Balaban J connectivity index is 1.40. The Morgan fingerprint density at radius 2 is 1.67 bits per heavy atom. The number of hydrogen-bond acceptors (Lipinski definition) is 10. The van der Waals surface area contributed by atoms with E-state index in [1.165, 1.54) is 4.90 Å². The Morgan fingerprint density at radius 3 is 2.35 bits per heavy atom. The van der Waals surface area contributed by atoms with Gasteiger partial charge in [0.05, 0.1) is 39.6 Å². The third-order valence-electron chi connectivity index (χ3n) is 7.35. The lowest BCUT2D eigenvalue weighted by molar-refractivity contribution is -0.137. The quantitative estimate of drug-likeness (QED) is 0.149. The molecule has 0 spiro atoms. The molecule has 2 heterocycles. The molecule has 0 bridgehead atoms. The molecule has 256 valence electrons. The summed E-state index contributed by atoms with van der Waals surface area (Å²) in [6.45, 7) is 9.50. The third-order valence-corrected chi connectivity index (χ3v) is 7.35. The average molecular weight is 648 g/mol. The number of hydrogen-bond donors (Lipinski definition) is 3. The predicted molar refractivity (Wildman–Crippen MR) is 169 cm³/mol. The molecule has 1 saturated heterocycles. The van der Waals surface area contributed by atoms with Crippen LogP contribution in [0.15, 0.2) is 18.2 Å². The molecule has 46 heavy (non-hydrogen) atoms. The van der Waals surface area contributed by atoms with Crippen molar-refractivity contribution in [2.75, 3.05) is 64.6 Å². The molecule has 1 unspecified atom stereocenters. The first kappa shape index (κ1) is 36.9. The van der Waals surface area contributed by atoms with Gasteiger partial charge in [0.1, 0.15) is 11.6 Å². The summed E-state index contributed by atoms with van der Waals surface area (Å²) >= 11 is 0. The molecule has 0 saturated carbocycles. The number of unbranched alkanes of at least 4 members (excludes halogenated alkanes) is 2. The normalized spacial score (nSPS) is 16.3. The molecule has 1 fully saturated rings. The summed E-state index contributed by atoms with van der Waals surface area (Å²) in [6, 6.07) is 4.39. The Bertz CT molecular complexity index is 1200. The van der Waals surface area contributed by atoms with E-state index in [4.69, 9.17) is 24.7 Å². The number of nitrogens with one attached hydrogen (secondary N) is 2. The summed E-state index contributed by atoms with van der Waals surface area (Å²) in [7, 11) is 0. The highest BCUT2D eigenvalue weighted by Crippen LogP contribution is 2.32. The van der Waals surface area contributed by atoms with Crippen LogP contribution in [0.1, 0.15) is 75.2 Å². The van der Waals surface area contributed by atoms with E-state index in [0.717, 1.165) is 0 Å². The lowest BCUT2D eigenvalue weighted by Crippen LogP contribution is -2.52. The van der Waals surface area contributed by atoms with Crippen LogP contribution in [0.2, 0.25) is 0 Å². The van der Waals surface area contributed by atoms with Gasteiger partial charge in [0.2, 0.25) is 17.7 Å². The van der Waals surface area contributed by atoms with Crippen molar-refractivity contribution in [2.45, 2.75) is 77.5 Å². The van der Waals surface area contributed by atoms with Crippen molar-refractivity contribution in [1.29, 1.82) is 0 Å². The number of nitrogens with two attached hydrogens (primary N) is 1. The molecule has 5 amide bonds. The van der Waals surface area contributed by atoms with Crippen molar-refractivity contribution < 1.29 is 42.9 Å². The fourth-order valence-corrected chi connectivity index (χ4v) is 5.10. The van der Waals surface area contributed by atoms with Crippen LogP contribution in [0.3, 0.4) is 0 Å². The second-order valence-corrected chi connectivity index (χ2v) is 12.2. The van der Waals surface area contributed by atoms with E-state index in [0.29, 0.717) is 95.4 Å². The van der Waals surface area contributed by atoms with Crippen molar-refractivity contribution in [3.63, 3.8) is 0 Å². The van der Waals surface area contributed by atoms with Gasteiger partial charge in [-0.05, 0) is 52.2 Å². The molecule has 0 radical (unpaired) electrons. The first-order valence-corrected chi connectivity index (χ1v) is 16.0. The molecule has 14 nitrogen and oxygen atoms in total. The summed E-state index contributed by atoms with van der Waals surface area (Å²) < 4.78 is 21.9. The molecule has 1 aromatic rings. The van der Waals surface area contributed by atoms with E-state index in [1.54, 1.807) is 23.1 Å². The first-order valence-electron chi connectivity index (χ1n) is 16.0. The lowest BCUT2D eigenvalue weighted by Gasteiger charge is -2.29. The number of rotatable bonds is 19. The highest BCUT2D eigenvalue weighted by atomic mass is 16.6. The minimum absolute atomic E-state index is 0.173. The van der Waals surface area contributed by atoms with Gasteiger partial charge in [0, 0.05) is 55.8 Å². The monoisotopic (exact) mass is 647 g/mol.